The summed E-state index contributed by atoms with van der Waals surface area (Å²) in [6, 6.07) is 6.99. The molecule has 0 aromatic heterocycles. The van der Waals surface area contributed by atoms with Gasteiger partial charge in [0.1, 0.15) is 0 Å². The Bertz CT molecular complexity index is 600. The Hall–Kier alpha value is -1.57. The Morgan fingerprint density at radius 2 is 2.18 bits per heavy atom. The van der Waals surface area contributed by atoms with Crippen molar-refractivity contribution in [2.45, 2.75) is 64.2 Å². The monoisotopic (exact) mass is 298 g/mol. The molecule has 3 rings (SSSR count). The minimum atomic E-state index is -0.170. The maximum atomic E-state index is 11.2. The number of fused-ring (bicyclic) bond motifs is 3. The van der Waals surface area contributed by atoms with E-state index in [1.807, 2.05) is 0 Å². The molecule has 2 nitrogen and oxygen atoms in total. The van der Waals surface area contributed by atoms with E-state index < -0.39 is 0 Å². The van der Waals surface area contributed by atoms with Gasteiger partial charge >= 0.3 is 5.97 Å². The first-order chi connectivity index (χ1) is 10.7. The van der Waals surface area contributed by atoms with Gasteiger partial charge in [0, 0.05) is 12.3 Å². The lowest BCUT2D eigenvalue weighted by Crippen LogP contribution is -2.36. The van der Waals surface area contributed by atoms with Gasteiger partial charge in [-0.1, -0.05) is 43.2 Å². The molecular weight excluding hydrogens is 272 g/mol. The number of aryl methyl sites for hydroxylation is 1. The average Bonchev–Trinajstić information content (AvgIpc) is 2.54. The molecule has 2 aliphatic carbocycles. The van der Waals surface area contributed by atoms with Crippen molar-refractivity contribution in [1.82, 2.24) is 0 Å². The largest absolute Gasteiger partial charge is 0.466 e. The van der Waals surface area contributed by atoms with Crippen LogP contribution in [0.25, 0.3) is 0 Å². The van der Waals surface area contributed by atoms with E-state index in [1.165, 1.54) is 49.3 Å². The minimum Gasteiger partial charge on any atom is -0.466 e. The van der Waals surface area contributed by atoms with E-state index in [1.54, 1.807) is 5.57 Å². The van der Waals surface area contributed by atoms with Crippen molar-refractivity contribution in [2.75, 3.05) is 6.61 Å². The topological polar surface area (TPSA) is 26.3 Å². The second-order valence-electron chi connectivity index (χ2n) is 6.66. The number of carbonyl (C=O) groups is 1. The SMILES string of the molecule is CCc1ccc2c(c1)C1(CCOC(C)=O)CCCCC1=CC2. The molecule has 0 aliphatic heterocycles. The van der Waals surface area contributed by atoms with Gasteiger partial charge in [0.15, 0.2) is 0 Å². The molecule has 0 N–H and O–H groups in total. The molecule has 1 atom stereocenters. The summed E-state index contributed by atoms with van der Waals surface area (Å²) < 4.78 is 5.29. The fourth-order valence-corrected chi connectivity index (χ4v) is 4.24. The number of esters is 1. The van der Waals surface area contributed by atoms with E-state index in [0.29, 0.717) is 6.61 Å². The molecule has 1 fully saturated rings. The zero-order valence-corrected chi connectivity index (χ0v) is 13.8. The van der Waals surface area contributed by atoms with Crippen LogP contribution in [0.3, 0.4) is 0 Å². The van der Waals surface area contributed by atoms with Crippen LogP contribution in [0.4, 0.5) is 0 Å². The maximum absolute atomic E-state index is 11.2. The van der Waals surface area contributed by atoms with Crippen LogP contribution >= 0.6 is 0 Å². The summed E-state index contributed by atoms with van der Waals surface area (Å²) in [6.07, 6.45) is 10.5. The van der Waals surface area contributed by atoms with E-state index in [0.717, 1.165) is 19.3 Å². The Morgan fingerprint density at radius 1 is 1.32 bits per heavy atom. The number of carbonyl (C=O) groups excluding carboxylic acids is 1. The second-order valence-corrected chi connectivity index (χ2v) is 6.66. The summed E-state index contributed by atoms with van der Waals surface area (Å²) in [5, 5.41) is 0. The lowest BCUT2D eigenvalue weighted by atomic mass is 9.60. The Labute approximate surface area is 133 Å². The second kappa shape index (κ2) is 6.28. The summed E-state index contributed by atoms with van der Waals surface area (Å²) in [7, 11) is 0. The molecule has 2 aliphatic rings. The molecule has 0 heterocycles. The highest BCUT2D eigenvalue weighted by Gasteiger charge is 2.41. The van der Waals surface area contributed by atoms with Crippen molar-refractivity contribution in [2.24, 2.45) is 0 Å². The van der Waals surface area contributed by atoms with Gasteiger partial charge in [0.2, 0.25) is 0 Å². The van der Waals surface area contributed by atoms with Gasteiger partial charge in [0.25, 0.3) is 0 Å². The quantitative estimate of drug-likeness (QED) is 0.604. The standard InChI is InChI=1S/C20H26O2/c1-3-16-7-8-17-9-10-18-6-4-5-11-20(18,19(17)14-16)12-13-22-15(2)21/h7-8,10,14H,3-6,9,11-13H2,1-2H3. The molecule has 22 heavy (non-hydrogen) atoms. The highest BCUT2D eigenvalue weighted by atomic mass is 16.5. The minimum absolute atomic E-state index is 0.118. The summed E-state index contributed by atoms with van der Waals surface area (Å²) in [4.78, 5) is 11.2. The molecule has 118 valence electrons. The van der Waals surface area contributed by atoms with Crippen LogP contribution in [0.2, 0.25) is 0 Å². The van der Waals surface area contributed by atoms with Gasteiger partial charge in [-0.25, -0.2) is 0 Å². The average molecular weight is 298 g/mol. The van der Waals surface area contributed by atoms with Gasteiger partial charge in [-0.3, -0.25) is 4.79 Å². The van der Waals surface area contributed by atoms with E-state index >= 15 is 0 Å². The predicted octanol–water partition coefficient (Wildman–Crippen LogP) is 4.50. The predicted molar refractivity (Wildman–Crippen MR) is 89.0 cm³/mol. The van der Waals surface area contributed by atoms with Crippen LogP contribution in [0.15, 0.2) is 29.8 Å². The van der Waals surface area contributed by atoms with Gasteiger partial charge in [0.05, 0.1) is 6.61 Å². The lowest BCUT2D eigenvalue weighted by Gasteiger charge is -2.44. The smallest absolute Gasteiger partial charge is 0.302 e. The summed E-state index contributed by atoms with van der Waals surface area (Å²) in [6.45, 7) is 4.25. The van der Waals surface area contributed by atoms with Crippen LogP contribution < -0.4 is 0 Å². The van der Waals surface area contributed by atoms with Crippen molar-refractivity contribution in [3.8, 4) is 0 Å². The Kier molecular flexibility index (Phi) is 4.37. The van der Waals surface area contributed by atoms with Gasteiger partial charge in [-0.15, -0.1) is 0 Å². The van der Waals surface area contributed by atoms with Crippen LogP contribution in [0.1, 0.15) is 62.6 Å². The number of hydrogen-bond acceptors (Lipinski definition) is 2. The number of ether oxygens (including phenoxy) is 1. The number of rotatable bonds is 4. The first-order valence-electron chi connectivity index (χ1n) is 8.61. The number of hydrogen-bond donors (Lipinski definition) is 0. The molecule has 0 amide bonds. The molecule has 0 radical (unpaired) electrons. The molecule has 1 saturated carbocycles. The molecule has 2 heteroatoms. The van der Waals surface area contributed by atoms with E-state index in [2.05, 4.69) is 31.2 Å². The number of allylic oxidation sites excluding steroid dienone is 2. The van der Waals surface area contributed by atoms with Crippen LogP contribution in [-0.4, -0.2) is 12.6 Å². The summed E-state index contributed by atoms with van der Waals surface area (Å²) in [5.74, 6) is -0.170. The van der Waals surface area contributed by atoms with E-state index in [4.69, 9.17) is 4.74 Å². The molecule has 0 saturated heterocycles. The van der Waals surface area contributed by atoms with E-state index in [-0.39, 0.29) is 11.4 Å². The first kappa shape index (κ1) is 15.3. The molecule has 1 aromatic rings. The first-order valence-corrected chi connectivity index (χ1v) is 8.61. The third-order valence-corrected chi connectivity index (χ3v) is 5.41. The van der Waals surface area contributed by atoms with Crippen molar-refractivity contribution < 1.29 is 9.53 Å². The Morgan fingerprint density at radius 3 is 2.95 bits per heavy atom. The van der Waals surface area contributed by atoms with Gasteiger partial charge in [-0.05, 0) is 55.2 Å². The number of benzene rings is 1. The van der Waals surface area contributed by atoms with Crippen molar-refractivity contribution >= 4 is 5.97 Å². The Balaban J connectivity index is 1.98. The fraction of sp³-hybridized carbons (Fsp3) is 0.550. The van der Waals surface area contributed by atoms with E-state index in [9.17, 15) is 4.79 Å². The fourth-order valence-electron chi connectivity index (χ4n) is 4.24. The normalized spacial score (nSPS) is 23.3. The van der Waals surface area contributed by atoms with Crippen LogP contribution in [-0.2, 0) is 27.8 Å². The summed E-state index contributed by atoms with van der Waals surface area (Å²) >= 11 is 0. The third kappa shape index (κ3) is 2.71. The summed E-state index contributed by atoms with van der Waals surface area (Å²) in [5.41, 5.74) is 6.10. The lowest BCUT2D eigenvalue weighted by molar-refractivity contribution is -0.141. The van der Waals surface area contributed by atoms with Gasteiger partial charge < -0.3 is 4.74 Å². The van der Waals surface area contributed by atoms with Crippen molar-refractivity contribution in [3.05, 3.63) is 46.5 Å². The molecule has 0 spiro atoms. The highest BCUT2D eigenvalue weighted by molar-refractivity contribution is 5.65. The zero-order valence-electron chi connectivity index (χ0n) is 13.8. The van der Waals surface area contributed by atoms with Crippen LogP contribution in [0.5, 0.6) is 0 Å². The molecule has 1 unspecified atom stereocenters. The van der Waals surface area contributed by atoms with Crippen molar-refractivity contribution in [3.63, 3.8) is 0 Å². The van der Waals surface area contributed by atoms with Gasteiger partial charge in [-0.2, -0.15) is 0 Å². The third-order valence-electron chi connectivity index (χ3n) is 5.41. The zero-order chi connectivity index (χ0) is 15.6. The van der Waals surface area contributed by atoms with Crippen molar-refractivity contribution in [1.29, 1.82) is 0 Å². The molecule has 1 aromatic carbocycles. The highest BCUT2D eigenvalue weighted by Crippen LogP contribution is 2.49. The molecule has 0 bridgehead atoms. The van der Waals surface area contributed by atoms with Crippen LogP contribution in [0, 0.1) is 0 Å². The molecular formula is C20H26O2. The maximum Gasteiger partial charge on any atom is 0.302 e.